The lowest BCUT2D eigenvalue weighted by Gasteiger charge is -2.47. The average molecular weight is 581 g/mol. The molecule has 0 bridgehead atoms. The van der Waals surface area contributed by atoms with E-state index < -0.39 is 14.6 Å². The van der Waals surface area contributed by atoms with Gasteiger partial charge in [-0.15, -0.1) is 0 Å². The van der Waals surface area contributed by atoms with Crippen molar-refractivity contribution in [2.75, 3.05) is 9.34 Å². The average Bonchev–Trinajstić information content (AvgIpc) is 3.06. The van der Waals surface area contributed by atoms with Gasteiger partial charge in [0.05, 0.1) is 11.4 Å². The van der Waals surface area contributed by atoms with Crippen LogP contribution >= 0.6 is 14.6 Å². The summed E-state index contributed by atoms with van der Waals surface area (Å²) in [7, 11) is -6.96. The summed E-state index contributed by atoms with van der Waals surface area (Å²) in [6.07, 6.45) is 0. The zero-order valence-corrected chi connectivity index (χ0v) is 24.4. The molecular formula is C36H26N2O2P2. The highest BCUT2D eigenvalue weighted by atomic mass is 31.2. The molecule has 0 saturated carbocycles. The zero-order valence-electron chi connectivity index (χ0n) is 22.6. The number of hydrogen-bond acceptors (Lipinski definition) is 2. The van der Waals surface area contributed by atoms with Crippen LogP contribution in [0.25, 0.3) is 11.1 Å². The van der Waals surface area contributed by atoms with E-state index in [2.05, 4.69) is 0 Å². The maximum atomic E-state index is 16.0. The van der Waals surface area contributed by atoms with Gasteiger partial charge in [0, 0.05) is 43.7 Å². The van der Waals surface area contributed by atoms with Crippen LogP contribution in [-0.4, -0.2) is 0 Å². The Morgan fingerprint density at radius 3 is 1.12 bits per heavy atom. The van der Waals surface area contributed by atoms with E-state index in [1.54, 1.807) is 0 Å². The molecule has 6 heteroatoms. The number of rotatable bonds is 4. The molecule has 4 nitrogen and oxygen atoms in total. The fraction of sp³-hybridized carbons (Fsp3) is 0. The van der Waals surface area contributed by atoms with Gasteiger partial charge in [0.15, 0.2) is 0 Å². The van der Waals surface area contributed by atoms with E-state index in [4.69, 9.17) is 0 Å². The smallest absolute Gasteiger partial charge is 0.234 e. The van der Waals surface area contributed by atoms with Crippen LogP contribution in [0.15, 0.2) is 158 Å². The van der Waals surface area contributed by atoms with E-state index >= 15 is 9.13 Å². The van der Waals surface area contributed by atoms with Gasteiger partial charge in [-0.25, -0.2) is 0 Å². The molecule has 0 N–H and O–H groups in total. The lowest BCUT2D eigenvalue weighted by molar-refractivity contribution is 0.587. The molecule has 0 radical (unpaired) electrons. The molecule has 2 heterocycles. The van der Waals surface area contributed by atoms with Crippen LogP contribution in [0.2, 0.25) is 0 Å². The van der Waals surface area contributed by atoms with E-state index in [-0.39, 0.29) is 0 Å². The summed E-state index contributed by atoms with van der Waals surface area (Å²) in [5.74, 6) is 0. The molecule has 8 rings (SSSR count). The summed E-state index contributed by atoms with van der Waals surface area (Å²) in [6, 6.07) is 51.3. The Bertz CT molecular complexity index is 1910. The highest BCUT2D eigenvalue weighted by Crippen LogP contribution is 2.68. The molecular weight excluding hydrogens is 554 g/mol. The summed E-state index contributed by atoms with van der Waals surface area (Å²) < 4.78 is 36.0. The van der Waals surface area contributed by atoms with Crippen LogP contribution in [0.4, 0.5) is 22.7 Å². The maximum Gasteiger partial charge on any atom is 0.234 e. The predicted octanol–water partition coefficient (Wildman–Crippen LogP) is 8.11. The summed E-state index contributed by atoms with van der Waals surface area (Å²) in [5, 5.41) is 2.88. The van der Waals surface area contributed by atoms with Crippen LogP contribution in [0.3, 0.4) is 0 Å². The van der Waals surface area contributed by atoms with Crippen LogP contribution in [-0.2, 0) is 9.13 Å². The van der Waals surface area contributed by atoms with E-state index in [0.29, 0.717) is 10.6 Å². The molecule has 6 aromatic carbocycles. The lowest BCUT2D eigenvalue weighted by atomic mass is 9.99. The second kappa shape index (κ2) is 9.46. The van der Waals surface area contributed by atoms with E-state index in [0.717, 1.165) is 44.5 Å². The minimum Gasteiger partial charge on any atom is -0.289 e. The molecule has 202 valence electrons. The van der Waals surface area contributed by atoms with E-state index in [1.807, 2.05) is 167 Å². The normalized spacial score (nSPS) is 20.2. The van der Waals surface area contributed by atoms with Gasteiger partial charge in [-0.05, 0) is 72.8 Å². The molecule has 42 heavy (non-hydrogen) atoms. The third-order valence-corrected chi connectivity index (χ3v) is 14.2. The monoisotopic (exact) mass is 580 g/mol. The van der Waals surface area contributed by atoms with E-state index in [9.17, 15) is 0 Å². The molecule has 0 saturated heterocycles. The molecule has 2 unspecified atom stereocenters. The summed E-state index contributed by atoms with van der Waals surface area (Å²) in [5.41, 5.74) is 5.13. The van der Waals surface area contributed by atoms with Gasteiger partial charge in [0.2, 0.25) is 14.6 Å². The first-order valence-electron chi connectivity index (χ1n) is 13.9. The Balaban J connectivity index is 1.55. The van der Waals surface area contributed by atoms with Gasteiger partial charge in [-0.2, -0.15) is 0 Å². The largest absolute Gasteiger partial charge is 0.289 e. The number of nitrogens with zero attached hydrogens (tertiary/aromatic N) is 2. The molecule has 0 spiro atoms. The Kier molecular flexibility index (Phi) is 5.66. The molecule has 2 aliphatic heterocycles. The SMILES string of the molecule is O=P1(c2ccccc2)c2cccc3c2-c2c(cccc2N(c2ccccc2)P3(=O)c2ccccc2)N1c1ccccc1. The topological polar surface area (TPSA) is 40.6 Å². The molecule has 0 aliphatic carbocycles. The number of hydrogen-bond donors (Lipinski definition) is 0. The first kappa shape index (κ1) is 25.1. The second-order valence-corrected chi connectivity index (χ2v) is 15.6. The van der Waals surface area contributed by atoms with Crippen molar-refractivity contribution >= 4 is 58.6 Å². The van der Waals surface area contributed by atoms with Crippen molar-refractivity contribution in [3.8, 4) is 11.1 Å². The highest BCUT2D eigenvalue weighted by molar-refractivity contribution is 7.82. The second-order valence-electron chi connectivity index (χ2n) is 10.5. The fourth-order valence-corrected chi connectivity index (χ4v) is 12.7. The minimum atomic E-state index is -3.48. The Morgan fingerprint density at radius 2 is 0.714 bits per heavy atom. The van der Waals surface area contributed by atoms with Crippen LogP contribution < -0.4 is 30.6 Å². The van der Waals surface area contributed by atoms with Crippen molar-refractivity contribution < 1.29 is 9.13 Å². The molecule has 2 atom stereocenters. The van der Waals surface area contributed by atoms with Crippen LogP contribution in [0.1, 0.15) is 0 Å². The molecule has 2 aliphatic rings. The third-order valence-electron chi connectivity index (χ3n) is 8.18. The number of benzene rings is 6. The zero-order chi connectivity index (χ0) is 28.3. The van der Waals surface area contributed by atoms with Gasteiger partial charge < -0.3 is 0 Å². The maximum absolute atomic E-state index is 16.0. The molecule has 0 amide bonds. The molecule has 0 aromatic heterocycles. The highest BCUT2D eigenvalue weighted by Gasteiger charge is 2.51. The van der Waals surface area contributed by atoms with E-state index in [1.165, 1.54) is 0 Å². The first-order valence-corrected chi connectivity index (χ1v) is 17.3. The lowest BCUT2D eigenvalue weighted by Crippen LogP contribution is -2.41. The number of anilines is 4. The molecule has 0 fully saturated rings. The van der Waals surface area contributed by atoms with Crippen molar-refractivity contribution in [2.24, 2.45) is 0 Å². The van der Waals surface area contributed by atoms with Crippen molar-refractivity contribution in [1.82, 2.24) is 0 Å². The van der Waals surface area contributed by atoms with Gasteiger partial charge >= 0.3 is 0 Å². The minimum absolute atomic E-state index is 0.707. The van der Waals surface area contributed by atoms with Gasteiger partial charge in [0.1, 0.15) is 0 Å². The van der Waals surface area contributed by atoms with Crippen molar-refractivity contribution in [1.29, 1.82) is 0 Å². The quantitative estimate of drug-likeness (QED) is 0.198. The van der Waals surface area contributed by atoms with Crippen molar-refractivity contribution in [2.45, 2.75) is 0 Å². The van der Waals surface area contributed by atoms with Crippen LogP contribution in [0, 0.1) is 0 Å². The van der Waals surface area contributed by atoms with Gasteiger partial charge in [-0.1, -0.05) is 84.9 Å². The summed E-state index contributed by atoms with van der Waals surface area (Å²) in [4.78, 5) is 0. The fourth-order valence-electron chi connectivity index (χ4n) is 6.46. The number of para-hydroxylation sites is 2. The Labute approximate surface area is 245 Å². The summed E-state index contributed by atoms with van der Waals surface area (Å²) in [6.45, 7) is 0. The molecule has 6 aromatic rings. The summed E-state index contributed by atoms with van der Waals surface area (Å²) >= 11 is 0. The van der Waals surface area contributed by atoms with Gasteiger partial charge in [0.25, 0.3) is 0 Å². The van der Waals surface area contributed by atoms with Crippen LogP contribution in [0.5, 0.6) is 0 Å². The Hall–Kier alpha value is -4.62. The van der Waals surface area contributed by atoms with Crippen molar-refractivity contribution in [3.63, 3.8) is 0 Å². The first-order chi connectivity index (χ1) is 20.6. The Morgan fingerprint density at radius 1 is 0.357 bits per heavy atom. The third kappa shape index (κ3) is 3.37. The van der Waals surface area contributed by atoms with Crippen molar-refractivity contribution in [3.05, 3.63) is 158 Å². The standard InChI is InChI=1S/C36H26N2O2P2/c39-41(29-19-9-3-10-20-29)33-25-14-26-34-36(33)35-31(37(41)27-15-5-1-6-16-27)23-13-24-32(35)38(28-17-7-2-8-18-28)42(34,40)30-21-11-4-12-22-30/h1-26H. The predicted molar refractivity (Wildman–Crippen MR) is 176 cm³/mol. The van der Waals surface area contributed by atoms with Gasteiger partial charge in [-0.3, -0.25) is 18.5 Å².